The maximum atomic E-state index is 5.82. The molecule has 0 aliphatic rings. The van der Waals surface area contributed by atoms with E-state index >= 15 is 0 Å². The minimum absolute atomic E-state index is 0.0778. The fourth-order valence-corrected chi connectivity index (χ4v) is 2.73. The molecule has 4 nitrogen and oxygen atoms in total. The number of halogens is 1. The molecule has 0 rings (SSSR count). The molecule has 0 amide bonds. The normalized spacial score (nSPS) is 16.2. The van der Waals surface area contributed by atoms with Gasteiger partial charge in [-0.2, -0.15) is 0 Å². The van der Waals surface area contributed by atoms with Crippen LogP contribution in [0.5, 0.6) is 0 Å². The van der Waals surface area contributed by atoms with Crippen molar-refractivity contribution < 1.29 is 12.8 Å². The predicted octanol–water partition coefficient (Wildman–Crippen LogP) is 1.68. The zero-order valence-corrected chi connectivity index (χ0v) is 10.5. The summed E-state index contributed by atoms with van der Waals surface area (Å²) in [6, 6.07) is 0. The Hall–Kier alpha value is 0.440. The average Bonchev–Trinajstić information content (AvgIpc) is 1.83. The van der Waals surface area contributed by atoms with Crippen molar-refractivity contribution >= 4 is 24.5 Å². The Bertz CT molecular complexity index is 169. The van der Waals surface area contributed by atoms with E-state index in [-0.39, 0.29) is 9.24 Å². The number of nitrogens with two attached hydrogens (primary N) is 1. The smallest absolute Gasteiger partial charge is 0.142 e. The highest BCUT2D eigenvalue weighted by Crippen LogP contribution is 2.20. The highest BCUT2D eigenvalue weighted by molar-refractivity contribution is 14.1. The summed E-state index contributed by atoms with van der Waals surface area (Å²) in [4.78, 5) is 10.5. The molecule has 0 bridgehead atoms. The Kier molecular flexibility index (Phi) is 5.42. The molecule has 0 spiro atoms. The lowest BCUT2D eigenvalue weighted by atomic mass is 10.5. The van der Waals surface area contributed by atoms with Crippen LogP contribution in [0.3, 0.4) is 0 Å². The standard InChI is InChI=1S/C7H18IN2O2/c1-6(2)8-10(9,11-5)12-7(3)4/h7H,9H2,1-5H3/q+1. The van der Waals surface area contributed by atoms with Gasteiger partial charge in [-0.3, -0.25) is 0 Å². The molecule has 5 heteroatoms. The van der Waals surface area contributed by atoms with E-state index in [1.807, 2.05) is 27.7 Å². The summed E-state index contributed by atoms with van der Waals surface area (Å²) < 4.78 is 1.08. The lowest BCUT2D eigenvalue weighted by molar-refractivity contribution is -1.13. The van der Waals surface area contributed by atoms with Gasteiger partial charge in [0.1, 0.15) is 13.2 Å². The van der Waals surface area contributed by atoms with Crippen LogP contribution in [-0.4, -0.2) is 19.9 Å². The van der Waals surface area contributed by atoms with Crippen LogP contribution in [0, 0.1) is 0 Å². The van der Waals surface area contributed by atoms with Crippen LogP contribution in [0.4, 0.5) is 0 Å². The fraction of sp³-hybridized carbons (Fsp3) is 0.857. The van der Waals surface area contributed by atoms with E-state index in [2.05, 4.69) is 0 Å². The van der Waals surface area contributed by atoms with E-state index in [4.69, 9.17) is 15.5 Å². The van der Waals surface area contributed by atoms with Crippen molar-refractivity contribution in [3.05, 3.63) is 0 Å². The first kappa shape index (κ1) is 12.4. The molecule has 74 valence electrons. The van der Waals surface area contributed by atoms with Crippen molar-refractivity contribution in [2.75, 3.05) is 7.11 Å². The van der Waals surface area contributed by atoms with Crippen molar-refractivity contribution in [2.24, 2.45) is 5.84 Å². The van der Waals surface area contributed by atoms with E-state index in [9.17, 15) is 0 Å². The van der Waals surface area contributed by atoms with Gasteiger partial charge in [-0.25, -0.2) is 0 Å². The molecule has 0 fully saturated rings. The van der Waals surface area contributed by atoms with Crippen molar-refractivity contribution in [1.82, 2.24) is 0 Å². The van der Waals surface area contributed by atoms with E-state index in [0.29, 0.717) is 0 Å². The van der Waals surface area contributed by atoms with Gasteiger partial charge in [0.15, 0.2) is 0 Å². The zero-order valence-electron chi connectivity index (χ0n) is 8.30. The van der Waals surface area contributed by atoms with Gasteiger partial charge in [0.25, 0.3) is 0 Å². The van der Waals surface area contributed by atoms with Gasteiger partial charge in [-0.15, -0.1) is 15.5 Å². The summed E-state index contributed by atoms with van der Waals surface area (Å²) >= 11 is -0.430. The SMILES string of the molecule is CO[N+](N)(OC(C)C)I=C(C)C. The Balaban J connectivity index is 4.35. The molecule has 0 aliphatic heterocycles. The van der Waals surface area contributed by atoms with E-state index < -0.39 is 21.0 Å². The van der Waals surface area contributed by atoms with E-state index in [1.54, 1.807) is 7.11 Å². The second kappa shape index (κ2) is 5.23. The minimum atomic E-state index is -0.430. The molecular formula is C7H18IN2O2+. The number of rotatable bonds is 4. The highest BCUT2D eigenvalue weighted by Gasteiger charge is 2.26. The summed E-state index contributed by atoms with van der Waals surface area (Å²) in [5.41, 5.74) is 0. The minimum Gasteiger partial charge on any atom is -0.142 e. The van der Waals surface area contributed by atoms with Gasteiger partial charge >= 0.3 is 0 Å². The van der Waals surface area contributed by atoms with Gasteiger partial charge in [0, 0.05) is 3.51 Å². The molecule has 0 aromatic carbocycles. The summed E-state index contributed by atoms with van der Waals surface area (Å²) in [5.74, 6) is 5.82. The van der Waals surface area contributed by atoms with Crippen LogP contribution in [0.1, 0.15) is 27.7 Å². The molecule has 0 saturated carbocycles. The first-order valence-electron chi connectivity index (χ1n) is 3.78. The quantitative estimate of drug-likeness (QED) is 0.370. The van der Waals surface area contributed by atoms with Crippen LogP contribution < -0.4 is 5.84 Å². The maximum absolute atomic E-state index is 5.82. The molecule has 2 N–H and O–H groups in total. The third kappa shape index (κ3) is 5.15. The van der Waals surface area contributed by atoms with Crippen LogP contribution in [0.15, 0.2) is 0 Å². The predicted molar refractivity (Wildman–Crippen MR) is 58.1 cm³/mol. The molecule has 0 saturated heterocycles. The van der Waals surface area contributed by atoms with Gasteiger partial charge < -0.3 is 0 Å². The topological polar surface area (TPSA) is 44.5 Å². The number of quaternary nitrogens is 1. The highest BCUT2D eigenvalue weighted by atomic mass is 127. The molecule has 0 aliphatic carbocycles. The number of hydrogen-bond donors (Lipinski definition) is 1. The van der Waals surface area contributed by atoms with Crippen molar-refractivity contribution in [2.45, 2.75) is 33.8 Å². The van der Waals surface area contributed by atoms with Gasteiger partial charge in [0.2, 0.25) is 21.0 Å². The molecule has 0 aromatic rings. The Morgan fingerprint density at radius 2 is 1.92 bits per heavy atom. The Morgan fingerprint density at radius 3 is 2.17 bits per heavy atom. The monoisotopic (exact) mass is 289 g/mol. The summed E-state index contributed by atoms with van der Waals surface area (Å²) in [5, 5.41) is 0. The average molecular weight is 289 g/mol. The third-order valence-electron chi connectivity index (χ3n) is 0.890. The van der Waals surface area contributed by atoms with Crippen molar-refractivity contribution in [3.8, 4) is 0 Å². The first-order valence-corrected chi connectivity index (χ1v) is 5.82. The molecule has 0 heterocycles. The Labute approximate surface area is 84.2 Å². The molecule has 1 unspecified atom stereocenters. The fourth-order valence-electron chi connectivity index (χ4n) is 0.621. The zero-order chi connectivity index (χ0) is 9.78. The number of nitrogens with zero attached hydrogens (tertiary/aromatic N) is 1. The molecular weight excluding hydrogens is 271 g/mol. The van der Waals surface area contributed by atoms with Gasteiger partial charge in [-0.1, -0.05) is 0 Å². The molecule has 1 atom stereocenters. The van der Waals surface area contributed by atoms with Crippen LogP contribution >= 0.6 is 21.0 Å². The summed E-state index contributed by atoms with van der Waals surface area (Å²) in [6.07, 6.45) is 0.0778. The lowest BCUT2D eigenvalue weighted by Gasteiger charge is -2.21. The molecule has 0 radical (unpaired) electrons. The second-order valence-electron chi connectivity index (χ2n) is 2.82. The van der Waals surface area contributed by atoms with Gasteiger partial charge in [0.05, 0.1) is 3.13 Å². The van der Waals surface area contributed by atoms with Crippen LogP contribution in [0.25, 0.3) is 0 Å². The third-order valence-corrected chi connectivity index (χ3v) is 3.15. The first-order chi connectivity index (χ1) is 5.39. The van der Waals surface area contributed by atoms with Gasteiger partial charge in [-0.05, 0) is 27.7 Å². The lowest BCUT2D eigenvalue weighted by Crippen LogP contribution is -2.46. The van der Waals surface area contributed by atoms with Crippen LogP contribution in [0.2, 0.25) is 0 Å². The van der Waals surface area contributed by atoms with E-state index in [1.165, 1.54) is 3.51 Å². The second-order valence-corrected chi connectivity index (χ2v) is 6.80. The summed E-state index contributed by atoms with van der Waals surface area (Å²) in [6.45, 7) is 7.95. The number of hydrogen-bond acceptors (Lipinski definition) is 3. The molecule has 12 heavy (non-hydrogen) atoms. The molecule has 0 aromatic heterocycles. The maximum Gasteiger partial charge on any atom is 0.245 e. The van der Waals surface area contributed by atoms with Crippen molar-refractivity contribution in [3.63, 3.8) is 0 Å². The largest absolute Gasteiger partial charge is 0.245 e. The van der Waals surface area contributed by atoms with Crippen molar-refractivity contribution in [1.29, 1.82) is 0 Å². The summed E-state index contributed by atoms with van der Waals surface area (Å²) in [7, 11) is 1.56. The van der Waals surface area contributed by atoms with E-state index in [0.717, 1.165) is 0 Å². The van der Waals surface area contributed by atoms with Crippen LogP contribution in [-0.2, 0) is 9.68 Å². The Morgan fingerprint density at radius 1 is 1.42 bits per heavy atom.